The van der Waals surface area contributed by atoms with E-state index >= 15 is 0 Å². The number of pyridine rings is 1. The Balaban J connectivity index is 2.58. The van der Waals surface area contributed by atoms with E-state index in [9.17, 15) is 4.79 Å². The number of hydrogen-bond acceptors (Lipinski definition) is 4. The van der Waals surface area contributed by atoms with Crippen LogP contribution in [0.5, 0.6) is 0 Å². The minimum absolute atomic E-state index is 0.133. The van der Waals surface area contributed by atoms with Crippen molar-refractivity contribution >= 4 is 5.97 Å². The van der Waals surface area contributed by atoms with Crippen molar-refractivity contribution < 1.29 is 14.4 Å². The van der Waals surface area contributed by atoms with E-state index in [0.29, 0.717) is 23.4 Å². The van der Waals surface area contributed by atoms with Crippen molar-refractivity contribution in [2.45, 2.75) is 13.3 Å². The summed E-state index contributed by atoms with van der Waals surface area (Å²) in [6.07, 6.45) is 3.67. The highest BCUT2D eigenvalue weighted by atomic mass is 16.5. The molecular weight excluding hydrogens is 208 g/mol. The standard InChI is InChI=1S/C11H10N2O3/c1-2-8-9(11(14)15)10(13-16-8)7-3-5-12-6-4-7/h3-6H,2H2,1H3,(H,14,15). The maximum Gasteiger partial charge on any atom is 0.341 e. The van der Waals surface area contributed by atoms with Crippen molar-refractivity contribution in [3.05, 3.63) is 35.9 Å². The third kappa shape index (κ3) is 1.67. The maximum absolute atomic E-state index is 11.1. The lowest BCUT2D eigenvalue weighted by Crippen LogP contribution is -2.00. The second kappa shape index (κ2) is 4.14. The monoisotopic (exact) mass is 218 g/mol. The second-order valence-corrected chi connectivity index (χ2v) is 3.22. The molecule has 0 saturated carbocycles. The highest BCUT2D eigenvalue weighted by molar-refractivity contribution is 5.95. The molecule has 82 valence electrons. The number of nitrogens with zero attached hydrogens (tertiary/aromatic N) is 2. The number of hydrogen-bond donors (Lipinski definition) is 1. The number of carbonyl (C=O) groups is 1. The fourth-order valence-corrected chi connectivity index (χ4v) is 1.49. The molecule has 0 spiro atoms. The molecule has 16 heavy (non-hydrogen) atoms. The Morgan fingerprint density at radius 2 is 2.12 bits per heavy atom. The van der Waals surface area contributed by atoms with Gasteiger partial charge in [0.15, 0.2) is 5.76 Å². The van der Waals surface area contributed by atoms with E-state index in [1.54, 1.807) is 24.5 Å². The summed E-state index contributed by atoms with van der Waals surface area (Å²) in [7, 11) is 0. The van der Waals surface area contributed by atoms with Crippen LogP contribution in [0.4, 0.5) is 0 Å². The first-order chi connectivity index (χ1) is 7.74. The third-order valence-corrected chi connectivity index (χ3v) is 2.25. The molecule has 2 heterocycles. The molecule has 2 aromatic heterocycles. The Labute approximate surface area is 91.7 Å². The van der Waals surface area contributed by atoms with E-state index in [4.69, 9.17) is 9.63 Å². The molecule has 2 rings (SSSR count). The largest absolute Gasteiger partial charge is 0.477 e. The van der Waals surface area contributed by atoms with E-state index in [1.807, 2.05) is 6.92 Å². The van der Waals surface area contributed by atoms with Crippen molar-refractivity contribution in [2.24, 2.45) is 0 Å². The van der Waals surface area contributed by atoms with E-state index in [2.05, 4.69) is 10.1 Å². The van der Waals surface area contributed by atoms with E-state index in [1.165, 1.54) is 0 Å². The molecule has 2 aromatic rings. The van der Waals surface area contributed by atoms with Gasteiger partial charge < -0.3 is 9.63 Å². The van der Waals surface area contributed by atoms with Crippen LogP contribution >= 0.6 is 0 Å². The topological polar surface area (TPSA) is 76.2 Å². The third-order valence-electron chi connectivity index (χ3n) is 2.25. The summed E-state index contributed by atoms with van der Waals surface area (Å²) in [5, 5.41) is 12.9. The highest BCUT2D eigenvalue weighted by Gasteiger charge is 2.21. The zero-order valence-corrected chi connectivity index (χ0v) is 8.67. The summed E-state index contributed by atoms with van der Waals surface area (Å²) in [5.41, 5.74) is 1.18. The molecule has 0 aliphatic carbocycles. The lowest BCUT2D eigenvalue weighted by Gasteiger charge is -1.97. The molecule has 5 heteroatoms. The first-order valence-corrected chi connectivity index (χ1v) is 4.86. The average Bonchev–Trinajstić information content (AvgIpc) is 2.73. The van der Waals surface area contributed by atoms with Gasteiger partial charge in [0, 0.05) is 24.4 Å². The lowest BCUT2D eigenvalue weighted by atomic mass is 10.1. The van der Waals surface area contributed by atoms with Gasteiger partial charge in [-0.15, -0.1) is 0 Å². The van der Waals surface area contributed by atoms with E-state index in [0.717, 1.165) is 0 Å². The molecule has 1 N–H and O–H groups in total. The molecule has 0 unspecified atom stereocenters. The molecule has 0 atom stereocenters. The number of aromatic nitrogens is 2. The van der Waals surface area contributed by atoms with E-state index in [-0.39, 0.29) is 5.56 Å². The minimum atomic E-state index is -1.02. The van der Waals surface area contributed by atoms with Crippen LogP contribution < -0.4 is 0 Å². The SMILES string of the molecule is CCc1onc(-c2ccncc2)c1C(=O)O. The number of rotatable bonds is 3. The number of aromatic carboxylic acids is 1. The quantitative estimate of drug-likeness (QED) is 0.852. The molecule has 0 radical (unpaired) electrons. The van der Waals surface area contributed by atoms with Crippen LogP contribution in [0.2, 0.25) is 0 Å². The average molecular weight is 218 g/mol. The fraction of sp³-hybridized carbons (Fsp3) is 0.182. The van der Waals surface area contributed by atoms with Crippen LogP contribution in [0.3, 0.4) is 0 Å². The molecular formula is C11H10N2O3. The first kappa shape index (κ1) is 10.4. The molecule has 0 amide bonds. The van der Waals surface area contributed by atoms with Crippen LogP contribution in [0.1, 0.15) is 23.0 Å². The van der Waals surface area contributed by atoms with Crippen molar-refractivity contribution in [1.82, 2.24) is 10.1 Å². The highest BCUT2D eigenvalue weighted by Crippen LogP contribution is 2.25. The summed E-state index contributed by atoms with van der Waals surface area (Å²) in [5.74, 6) is -0.635. The van der Waals surface area contributed by atoms with Crippen LogP contribution in [0.15, 0.2) is 29.0 Å². The normalized spacial score (nSPS) is 10.3. The van der Waals surface area contributed by atoms with Crippen molar-refractivity contribution in [3.63, 3.8) is 0 Å². The van der Waals surface area contributed by atoms with Gasteiger partial charge in [-0.1, -0.05) is 12.1 Å². The Morgan fingerprint density at radius 3 is 2.69 bits per heavy atom. The lowest BCUT2D eigenvalue weighted by molar-refractivity contribution is 0.0695. The van der Waals surface area contributed by atoms with Gasteiger partial charge in [0.05, 0.1) is 0 Å². The summed E-state index contributed by atoms with van der Waals surface area (Å²) in [4.78, 5) is 15.0. The minimum Gasteiger partial charge on any atom is -0.477 e. The van der Waals surface area contributed by atoms with Gasteiger partial charge in [-0.25, -0.2) is 4.79 Å². The predicted molar refractivity (Wildman–Crippen MR) is 56.1 cm³/mol. The Kier molecular flexibility index (Phi) is 2.68. The molecule has 0 bridgehead atoms. The predicted octanol–water partition coefficient (Wildman–Crippen LogP) is 2.00. The zero-order chi connectivity index (χ0) is 11.5. The maximum atomic E-state index is 11.1. The number of carboxylic acids is 1. The van der Waals surface area contributed by atoms with Gasteiger partial charge in [0.25, 0.3) is 0 Å². The van der Waals surface area contributed by atoms with Crippen LogP contribution in [0.25, 0.3) is 11.3 Å². The summed E-state index contributed by atoms with van der Waals surface area (Å²) >= 11 is 0. The Morgan fingerprint density at radius 1 is 1.44 bits per heavy atom. The van der Waals surface area contributed by atoms with Crippen LogP contribution in [-0.2, 0) is 6.42 Å². The Bertz CT molecular complexity index is 505. The molecule has 0 aromatic carbocycles. The summed E-state index contributed by atoms with van der Waals surface area (Å²) in [6.45, 7) is 1.82. The molecule has 0 aliphatic heterocycles. The van der Waals surface area contributed by atoms with E-state index < -0.39 is 5.97 Å². The van der Waals surface area contributed by atoms with Gasteiger partial charge >= 0.3 is 5.97 Å². The van der Waals surface area contributed by atoms with Crippen LogP contribution in [-0.4, -0.2) is 21.2 Å². The Hall–Kier alpha value is -2.17. The van der Waals surface area contributed by atoms with Crippen molar-refractivity contribution in [3.8, 4) is 11.3 Å². The summed E-state index contributed by atoms with van der Waals surface area (Å²) in [6, 6.07) is 3.40. The van der Waals surface area contributed by atoms with Crippen LogP contribution in [0, 0.1) is 0 Å². The fourth-order valence-electron chi connectivity index (χ4n) is 1.49. The zero-order valence-electron chi connectivity index (χ0n) is 8.67. The number of carboxylic acid groups (broad SMARTS) is 1. The van der Waals surface area contributed by atoms with Gasteiger partial charge in [0.1, 0.15) is 11.3 Å². The summed E-state index contributed by atoms with van der Waals surface area (Å²) < 4.78 is 5.01. The molecule has 5 nitrogen and oxygen atoms in total. The van der Waals surface area contributed by atoms with Gasteiger partial charge in [-0.3, -0.25) is 4.98 Å². The molecule has 0 fully saturated rings. The number of aryl methyl sites for hydroxylation is 1. The van der Waals surface area contributed by atoms with Crippen molar-refractivity contribution in [2.75, 3.05) is 0 Å². The van der Waals surface area contributed by atoms with Gasteiger partial charge in [-0.05, 0) is 12.1 Å². The van der Waals surface area contributed by atoms with Crippen molar-refractivity contribution in [1.29, 1.82) is 0 Å². The second-order valence-electron chi connectivity index (χ2n) is 3.22. The molecule has 0 saturated heterocycles. The smallest absolute Gasteiger partial charge is 0.341 e. The molecule has 0 aliphatic rings. The van der Waals surface area contributed by atoms with Gasteiger partial charge in [0.2, 0.25) is 0 Å². The van der Waals surface area contributed by atoms with Gasteiger partial charge in [-0.2, -0.15) is 0 Å². The first-order valence-electron chi connectivity index (χ1n) is 4.86.